The number of nitrogens with two attached hydrogens (primary N) is 1. The molecule has 0 amide bonds. The highest BCUT2D eigenvalue weighted by molar-refractivity contribution is 7.49. The monoisotopic (exact) mass is 1680 g/mol. The van der Waals surface area contributed by atoms with Gasteiger partial charge in [-0.1, -0.05) is 338 Å². The van der Waals surface area contributed by atoms with Crippen LogP contribution >= 0.6 is 31.3 Å². The number of phosphoric acid groups is 4. The Hall–Kier alpha value is -6.86. The second-order valence-corrected chi connectivity index (χ2v) is 34.6. The van der Waals surface area contributed by atoms with Crippen molar-refractivity contribution in [3.05, 3.63) is 323 Å². The third-order valence-corrected chi connectivity index (χ3v) is 24.4. The number of rotatable bonds is 60. The summed E-state index contributed by atoms with van der Waals surface area (Å²) in [6.45, 7) is -1.08. The van der Waals surface area contributed by atoms with Gasteiger partial charge >= 0.3 is 31.3 Å². The molecule has 3 unspecified atom stereocenters. The number of ether oxygens (including phenoxy) is 6. The first-order chi connectivity index (χ1) is 57.4. The van der Waals surface area contributed by atoms with Crippen molar-refractivity contribution in [2.75, 3.05) is 46.6 Å². The Morgan fingerprint density at radius 2 is 0.504 bits per heavy atom. The molecule has 0 spiro atoms. The summed E-state index contributed by atoms with van der Waals surface area (Å²) in [5.74, 6) is 0. The fraction of sp³-hybridized carbons (Fsp3) is 0.400. The van der Waals surface area contributed by atoms with Crippen molar-refractivity contribution < 1.29 is 101 Å². The Bertz CT molecular complexity index is 3990. The molecule has 27 heteroatoms. The number of phosphoric ester groups is 4. The summed E-state index contributed by atoms with van der Waals surface area (Å²) >= 11 is 0. The lowest BCUT2D eigenvalue weighted by atomic mass is 9.84. The first kappa shape index (κ1) is 92.4. The largest absolute Gasteiger partial charge is 0.475 e. The SMILES string of the molecule is CCCCCCCCO[C@@H](COCCCCCCCCN)COP(=O)(OCc1ccccc1)OC1[C@H](OCOCc2ccccc2)[C@H](OP(=O)(OCc2ccccc2)OCc2ccccc2)C(OP(=O)(OCc2ccccc2)OCc2ccccc2)[C@H](OP(=O)(OCc2ccccc2)OCc2ccccc2)[C@H]1OCOCc1ccccc1. The van der Waals surface area contributed by atoms with Crippen molar-refractivity contribution in [3.63, 3.8) is 0 Å². The van der Waals surface area contributed by atoms with Gasteiger partial charge in [0.1, 0.15) is 56.3 Å². The Morgan fingerprint density at radius 3 is 0.795 bits per heavy atom. The maximum atomic E-state index is 17.1. The molecule has 1 saturated carbocycles. The Kier molecular flexibility index (Phi) is 41.4. The van der Waals surface area contributed by atoms with Crippen molar-refractivity contribution in [2.24, 2.45) is 5.73 Å². The normalized spacial score (nSPS) is 17.4. The zero-order valence-corrected chi connectivity index (χ0v) is 70.2. The first-order valence-electron chi connectivity index (χ1n) is 40.3. The van der Waals surface area contributed by atoms with E-state index in [-0.39, 0.29) is 26.4 Å². The van der Waals surface area contributed by atoms with E-state index in [9.17, 15) is 0 Å². The lowest BCUT2D eigenvalue weighted by Gasteiger charge is -2.49. The molecule has 9 aromatic rings. The molecular formula is C90H113NO22P4. The van der Waals surface area contributed by atoms with E-state index in [1.54, 1.807) is 170 Å². The van der Waals surface area contributed by atoms with Crippen LogP contribution in [0, 0.1) is 0 Å². The van der Waals surface area contributed by atoms with Crippen molar-refractivity contribution in [3.8, 4) is 0 Å². The highest BCUT2D eigenvalue weighted by atomic mass is 31.2. The molecule has 9 aromatic carbocycles. The zero-order chi connectivity index (χ0) is 81.6. The third kappa shape index (κ3) is 34.3. The minimum Gasteiger partial charge on any atom is -0.379 e. The summed E-state index contributed by atoms with van der Waals surface area (Å²) in [5, 5.41) is 0. The molecule has 0 radical (unpaired) electrons. The fourth-order valence-electron chi connectivity index (χ4n) is 12.5. The van der Waals surface area contributed by atoms with Gasteiger partial charge in [-0.15, -0.1) is 0 Å². The molecule has 10 rings (SSSR count). The predicted molar refractivity (Wildman–Crippen MR) is 447 cm³/mol. The van der Waals surface area contributed by atoms with Crippen molar-refractivity contribution in [2.45, 2.75) is 186 Å². The zero-order valence-electron chi connectivity index (χ0n) is 66.7. The third-order valence-electron chi connectivity index (χ3n) is 18.8. The minimum absolute atomic E-state index is 0.0200. The van der Waals surface area contributed by atoms with Gasteiger partial charge < -0.3 is 34.2 Å². The highest BCUT2D eigenvalue weighted by Gasteiger charge is 2.63. The predicted octanol–water partition coefficient (Wildman–Crippen LogP) is 21.7. The standard InChI is InChI=1S/C90H113NO22P4/c1-2-3-4-5-10-40-61-99-84(71-96-60-39-9-7-6-8-38-59-91)72-109-117(95,108-70-83-57-36-19-37-58-83)110-87-85(100-73-97-62-75-41-20-11-21-42-75)88(111-114(92,102-64-77-45-24-13-25-46-77)103-65-78-47-26-14-27-48-78)90(113-116(94,106-68-81-53-32-17-33-54-81)107-69-82-55-34-18-35-56-82)89(86(87)101-74-98-63-76-43-22-12-23-44-76)112-115(93,104-66-79-49-28-15-29-50-79)105-67-80-51-30-16-31-52-80/h11-37,41-58,84-90H,2-10,38-40,59-74,91H2,1H3/t84-,85-,86-,87?,88-,89+,90?,117?/m0/s1. The van der Waals surface area contributed by atoms with Gasteiger partial charge in [0.25, 0.3) is 0 Å². The van der Waals surface area contributed by atoms with Crippen LogP contribution in [0.3, 0.4) is 0 Å². The lowest BCUT2D eigenvalue weighted by Crippen LogP contribution is -2.67. The smallest absolute Gasteiger partial charge is 0.379 e. The van der Waals surface area contributed by atoms with Crippen LogP contribution in [-0.4, -0.2) is 89.3 Å². The number of unbranched alkanes of at least 4 members (excludes halogenated alkanes) is 10. The molecule has 0 heterocycles. The molecule has 23 nitrogen and oxygen atoms in total. The Morgan fingerprint density at radius 1 is 0.265 bits per heavy atom. The Balaban J connectivity index is 1.19. The van der Waals surface area contributed by atoms with Crippen LogP contribution in [0.1, 0.15) is 134 Å². The molecule has 117 heavy (non-hydrogen) atoms. The molecule has 2 N–H and O–H groups in total. The van der Waals surface area contributed by atoms with Crippen LogP contribution in [0.4, 0.5) is 0 Å². The van der Waals surface area contributed by atoms with Gasteiger partial charge in [0.05, 0.1) is 72.7 Å². The maximum absolute atomic E-state index is 17.1. The summed E-state index contributed by atoms with van der Waals surface area (Å²) in [5.41, 5.74) is 11.1. The Labute approximate surface area is 690 Å². The summed E-state index contributed by atoms with van der Waals surface area (Å²) in [6, 6.07) is 80.7. The number of hydrogen-bond donors (Lipinski definition) is 1. The van der Waals surface area contributed by atoms with Crippen LogP contribution in [0.15, 0.2) is 273 Å². The summed E-state index contributed by atoms with van der Waals surface area (Å²) in [7, 11) is -21.2. The van der Waals surface area contributed by atoms with Crippen LogP contribution < -0.4 is 5.73 Å². The number of hydrogen-bond acceptors (Lipinski definition) is 23. The van der Waals surface area contributed by atoms with Crippen LogP contribution in [-0.2, 0) is 160 Å². The molecule has 0 saturated heterocycles. The van der Waals surface area contributed by atoms with Crippen LogP contribution in [0.25, 0.3) is 0 Å². The molecule has 0 bridgehead atoms. The van der Waals surface area contributed by atoms with E-state index in [0.29, 0.717) is 58.7 Å². The van der Waals surface area contributed by atoms with Gasteiger partial charge in [-0.3, -0.25) is 54.3 Å². The molecule has 1 aliphatic carbocycles. The summed E-state index contributed by atoms with van der Waals surface area (Å²) < 4.78 is 189. The molecule has 1 fully saturated rings. The van der Waals surface area contributed by atoms with Crippen molar-refractivity contribution >= 4 is 31.3 Å². The molecule has 630 valence electrons. The molecule has 1 aliphatic rings. The van der Waals surface area contributed by atoms with Gasteiger partial charge in [-0.05, 0) is 75.9 Å². The van der Waals surface area contributed by atoms with Gasteiger partial charge in [0.2, 0.25) is 0 Å². The lowest BCUT2D eigenvalue weighted by molar-refractivity contribution is -0.264. The maximum Gasteiger partial charge on any atom is 0.475 e. The van der Waals surface area contributed by atoms with E-state index in [2.05, 4.69) is 6.92 Å². The topological polar surface area (TPSA) is 260 Å². The summed E-state index contributed by atoms with van der Waals surface area (Å²) in [6.07, 6.45) is -1.78. The molecular weight excluding hydrogens is 1570 g/mol. The van der Waals surface area contributed by atoms with E-state index in [4.69, 9.17) is 88.4 Å². The van der Waals surface area contributed by atoms with Crippen LogP contribution in [0.2, 0.25) is 0 Å². The fourth-order valence-corrected chi connectivity index (χ4v) is 17.9. The van der Waals surface area contributed by atoms with Crippen molar-refractivity contribution in [1.82, 2.24) is 0 Å². The first-order valence-corrected chi connectivity index (χ1v) is 46.1. The van der Waals surface area contributed by atoms with Gasteiger partial charge in [-0.2, -0.15) is 0 Å². The van der Waals surface area contributed by atoms with Crippen LogP contribution in [0.5, 0.6) is 0 Å². The quantitative estimate of drug-likeness (QED) is 0.0211. The van der Waals surface area contributed by atoms with E-state index >= 15 is 18.3 Å². The van der Waals surface area contributed by atoms with Gasteiger partial charge in [0.15, 0.2) is 0 Å². The average Bonchev–Trinajstić information content (AvgIpc) is 0.741. The highest BCUT2D eigenvalue weighted by Crippen LogP contribution is 2.63. The van der Waals surface area contributed by atoms with Gasteiger partial charge in [-0.25, -0.2) is 18.3 Å². The van der Waals surface area contributed by atoms with Gasteiger partial charge in [0, 0.05) is 13.2 Å². The average molecular weight is 1680 g/mol. The number of benzene rings is 9. The molecule has 0 aromatic heterocycles. The van der Waals surface area contributed by atoms with E-state index in [0.717, 1.165) is 88.2 Å². The summed E-state index contributed by atoms with van der Waals surface area (Å²) in [4.78, 5) is 0. The second-order valence-electron chi connectivity index (χ2n) is 28.1. The minimum atomic E-state index is -5.30. The molecule has 0 aliphatic heterocycles. The van der Waals surface area contributed by atoms with E-state index in [1.165, 1.54) is 0 Å². The van der Waals surface area contributed by atoms with Crippen molar-refractivity contribution in [1.29, 1.82) is 0 Å². The van der Waals surface area contributed by atoms with E-state index < -0.39 is 134 Å². The molecule has 8 atom stereocenters. The second kappa shape index (κ2) is 52.4. The van der Waals surface area contributed by atoms with E-state index in [1.807, 2.05) is 103 Å².